The number of aromatic hydroxyl groups is 1. The largest absolute Gasteiger partial charge is 0.508 e. The van der Waals surface area contributed by atoms with E-state index >= 15 is 0 Å². The van der Waals surface area contributed by atoms with E-state index in [9.17, 15) is 53.4 Å². The van der Waals surface area contributed by atoms with Crippen LogP contribution in [0, 0.1) is 11.8 Å². The van der Waals surface area contributed by atoms with Crippen LogP contribution in [-0.4, -0.2) is 135 Å². The minimum atomic E-state index is -1.73. The van der Waals surface area contributed by atoms with Crippen molar-refractivity contribution in [1.29, 1.82) is 0 Å². The molecular formula is C40H58N8O11. The maximum atomic E-state index is 14.1. The smallest absolute Gasteiger partial charge is 0.305 e. The highest BCUT2D eigenvalue weighted by Crippen LogP contribution is 2.27. The maximum absolute atomic E-state index is 14.1. The molecular weight excluding hydrogens is 768 g/mol. The fourth-order valence-corrected chi connectivity index (χ4v) is 7.54. The summed E-state index contributed by atoms with van der Waals surface area (Å²) in [5.41, 5.74) is 0.472. The van der Waals surface area contributed by atoms with Crippen molar-refractivity contribution in [2.24, 2.45) is 11.8 Å². The summed E-state index contributed by atoms with van der Waals surface area (Å²) < 4.78 is 0. The summed E-state index contributed by atoms with van der Waals surface area (Å²) in [5.74, 6) is -7.85. The Morgan fingerprint density at radius 1 is 0.729 bits per heavy atom. The van der Waals surface area contributed by atoms with Crippen molar-refractivity contribution >= 4 is 53.2 Å². The minimum Gasteiger partial charge on any atom is -0.508 e. The Balaban J connectivity index is 1.71. The molecule has 3 aliphatic heterocycles. The molecule has 3 aliphatic rings. The van der Waals surface area contributed by atoms with Crippen LogP contribution >= 0.6 is 0 Å². The highest BCUT2D eigenvalue weighted by Gasteiger charge is 2.45. The topological polar surface area (TPSA) is 273 Å². The standard InChI is InChI=1S/C40H58N8O11/c1-6-22(4)33-40(59)48-16-8-10-30(48)39(58)47-15-7-9-29(47)38(57)42-23(5)34(53)43-27(18-24-11-13-25(49)14-12-24)36(55)45-28(19-32(51)52)37(56)44-26(17-21(2)3)35(54)41-20-31(50)46-33/h11-14,21-23,26-30,33,49H,6-10,15-20H2,1-5H3,(H,41,54)(H,42,57)(H,43,53)(H,44,56)(H,45,55)(H,46,50)(H,51,52)/t22-,23+,26+,27+,28+,29+,30+,33+/m0/s1. The van der Waals surface area contributed by atoms with E-state index in [1.165, 1.54) is 41.0 Å². The number of nitrogens with zero attached hydrogens (tertiary/aromatic N) is 2. The van der Waals surface area contributed by atoms with Gasteiger partial charge in [-0.05, 0) is 68.6 Å². The highest BCUT2D eigenvalue weighted by atomic mass is 16.4. The Bertz CT molecular complexity index is 1750. The number of rotatable bonds is 8. The van der Waals surface area contributed by atoms with Crippen LogP contribution in [0.5, 0.6) is 5.75 Å². The van der Waals surface area contributed by atoms with Crippen molar-refractivity contribution in [2.75, 3.05) is 19.6 Å². The number of carbonyl (C=O) groups is 9. The Hall–Kier alpha value is -5.75. The monoisotopic (exact) mass is 826 g/mol. The van der Waals surface area contributed by atoms with Crippen molar-refractivity contribution in [1.82, 2.24) is 41.7 Å². The van der Waals surface area contributed by atoms with Gasteiger partial charge >= 0.3 is 5.97 Å². The molecule has 1 aromatic carbocycles. The van der Waals surface area contributed by atoms with E-state index < -0.39 is 108 Å². The molecule has 8 N–H and O–H groups in total. The van der Waals surface area contributed by atoms with Gasteiger partial charge in [-0.1, -0.05) is 46.2 Å². The van der Waals surface area contributed by atoms with Gasteiger partial charge in [-0.15, -0.1) is 0 Å². The lowest BCUT2D eigenvalue weighted by Crippen LogP contribution is -2.60. The molecule has 0 aromatic heterocycles. The summed E-state index contributed by atoms with van der Waals surface area (Å²) in [4.78, 5) is 125. The zero-order chi connectivity index (χ0) is 43.6. The molecule has 1 aromatic rings. The van der Waals surface area contributed by atoms with Crippen molar-refractivity contribution in [3.8, 4) is 5.75 Å². The second kappa shape index (κ2) is 20.8. The molecule has 0 bridgehead atoms. The number of phenolic OH excluding ortho intramolecular Hbond substituents is 1. The lowest BCUT2D eigenvalue weighted by Gasteiger charge is -2.34. The first-order valence-electron chi connectivity index (χ1n) is 20.3. The maximum Gasteiger partial charge on any atom is 0.305 e. The first-order chi connectivity index (χ1) is 27.9. The van der Waals surface area contributed by atoms with E-state index in [0.29, 0.717) is 37.7 Å². The Labute approximate surface area is 343 Å². The van der Waals surface area contributed by atoms with Crippen molar-refractivity contribution < 1.29 is 53.4 Å². The van der Waals surface area contributed by atoms with Crippen LogP contribution in [0.2, 0.25) is 0 Å². The van der Waals surface area contributed by atoms with Crippen molar-refractivity contribution in [2.45, 2.75) is 128 Å². The molecule has 0 radical (unpaired) electrons. The highest BCUT2D eigenvalue weighted by molar-refractivity contribution is 5.99. The van der Waals surface area contributed by atoms with E-state index in [0.717, 1.165) is 0 Å². The molecule has 0 spiro atoms. The molecule has 8 atom stereocenters. The van der Waals surface area contributed by atoms with Crippen LogP contribution in [0.1, 0.15) is 85.1 Å². The van der Waals surface area contributed by atoms with E-state index in [4.69, 9.17) is 0 Å². The van der Waals surface area contributed by atoms with Crippen LogP contribution in [0.25, 0.3) is 0 Å². The number of phenols is 1. The van der Waals surface area contributed by atoms with Gasteiger partial charge in [0.25, 0.3) is 0 Å². The Morgan fingerprint density at radius 3 is 1.92 bits per heavy atom. The van der Waals surface area contributed by atoms with Crippen molar-refractivity contribution in [3.63, 3.8) is 0 Å². The first-order valence-corrected chi connectivity index (χ1v) is 20.3. The fourth-order valence-electron chi connectivity index (χ4n) is 7.54. The molecule has 3 fully saturated rings. The van der Waals surface area contributed by atoms with Crippen LogP contribution < -0.4 is 31.9 Å². The zero-order valence-electron chi connectivity index (χ0n) is 34.2. The Morgan fingerprint density at radius 2 is 1.31 bits per heavy atom. The molecule has 19 nitrogen and oxygen atoms in total. The summed E-state index contributed by atoms with van der Waals surface area (Å²) in [6, 6.07) is -2.85. The Kier molecular flexibility index (Phi) is 16.2. The molecule has 324 valence electrons. The van der Waals surface area contributed by atoms with Gasteiger partial charge < -0.3 is 51.9 Å². The lowest BCUT2D eigenvalue weighted by atomic mass is 9.97. The number of carboxylic acid groups (broad SMARTS) is 1. The third kappa shape index (κ3) is 12.4. The van der Waals surface area contributed by atoms with Gasteiger partial charge in [0, 0.05) is 19.5 Å². The van der Waals surface area contributed by atoms with Gasteiger partial charge in [-0.3, -0.25) is 43.2 Å². The number of carbonyl (C=O) groups excluding carboxylic acids is 8. The number of hydrogen-bond acceptors (Lipinski definition) is 10. The van der Waals surface area contributed by atoms with E-state index in [1.807, 2.05) is 6.92 Å². The summed E-state index contributed by atoms with van der Waals surface area (Å²) >= 11 is 0. The van der Waals surface area contributed by atoms with Gasteiger partial charge in [0.1, 0.15) is 48.0 Å². The third-order valence-electron chi connectivity index (χ3n) is 11.0. The number of fused-ring (bicyclic) bond motifs is 2. The van der Waals surface area contributed by atoms with Gasteiger partial charge in [-0.25, -0.2) is 0 Å². The quantitative estimate of drug-likeness (QED) is 0.158. The SMILES string of the molecule is CC[C@H](C)[C@H]1NC(=O)CNC(=O)[C@@H](CC(C)C)NC(=O)[C@@H](CC(=O)O)NC(=O)[C@@H](Cc2ccc(O)cc2)NC(=O)[C@@H](C)NC(=O)[C@H]2CCCN2C(=O)[C@H]2CCCN2C1=O. The first kappa shape index (κ1) is 45.9. The summed E-state index contributed by atoms with van der Waals surface area (Å²) in [6.07, 6.45) is 1.10. The van der Waals surface area contributed by atoms with Crippen LogP contribution in [-0.2, 0) is 49.6 Å². The van der Waals surface area contributed by atoms with Gasteiger partial charge in [0.2, 0.25) is 47.3 Å². The third-order valence-corrected chi connectivity index (χ3v) is 11.0. The van der Waals surface area contributed by atoms with Crippen molar-refractivity contribution in [3.05, 3.63) is 29.8 Å². The molecule has 0 aliphatic carbocycles. The second-order valence-corrected chi connectivity index (χ2v) is 16.0. The van der Waals surface area contributed by atoms with E-state index in [2.05, 4.69) is 31.9 Å². The summed E-state index contributed by atoms with van der Waals surface area (Å²) in [6.45, 7) is 8.45. The second-order valence-electron chi connectivity index (χ2n) is 16.0. The summed E-state index contributed by atoms with van der Waals surface area (Å²) in [5, 5.41) is 34.8. The molecule has 8 amide bonds. The average molecular weight is 827 g/mol. The number of aliphatic carboxylic acids is 1. The predicted molar refractivity (Wildman–Crippen MR) is 211 cm³/mol. The molecule has 0 saturated carbocycles. The lowest BCUT2D eigenvalue weighted by molar-refractivity contribution is -0.148. The van der Waals surface area contributed by atoms with Crippen LogP contribution in [0.3, 0.4) is 0 Å². The summed E-state index contributed by atoms with van der Waals surface area (Å²) in [7, 11) is 0. The average Bonchev–Trinajstić information content (AvgIpc) is 3.89. The number of carboxylic acids is 1. The van der Waals surface area contributed by atoms with Gasteiger partial charge in [-0.2, -0.15) is 0 Å². The molecule has 4 rings (SSSR count). The predicted octanol–water partition coefficient (Wildman–Crippen LogP) is -0.943. The molecule has 59 heavy (non-hydrogen) atoms. The zero-order valence-corrected chi connectivity index (χ0v) is 34.2. The normalized spacial score (nSPS) is 27.7. The van der Waals surface area contributed by atoms with E-state index in [-0.39, 0.29) is 43.5 Å². The number of nitrogens with one attached hydrogen (secondary N) is 6. The molecule has 19 heteroatoms. The molecule has 3 heterocycles. The van der Waals surface area contributed by atoms with Crippen LogP contribution in [0.15, 0.2) is 24.3 Å². The number of hydrogen-bond donors (Lipinski definition) is 8. The molecule has 3 saturated heterocycles. The van der Waals surface area contributed by atoms with Gasteiger partial charge in [0.15, 0.2) is 0 Å². The number of amides is 8. The minimum absolute atomic E-state index is 0.0618. The van der Waals surface area contributed by atoms with Gasteiger partial charge in [0.05, 0.1) is 13.0 Å². The van der Waals surface area contributed by atoms with E-state index in [1.54, 1.807) is 20.8 Å². The molecule has 0 unspecified atom stereocenters. The fraction of sp³-hybridized carbons (Fsp3) is 0.625. The number of benzene rings is 1. The van der Waals surface area contributed by atoms with Crippen LogP contribution in [0.4, 0.5) is 0 Å².